The molecule has 0 aromatic heterocycles. The van der Waals surface area contributed by atoms with Crippen LogP contribution in [-0.2, 0) is 14.0 Å². The summed E-state index contributed by atoms with van der Waals surface area (Å²) >= 11 is 0. The monoisotopic (exact) mass is 601 g/mol. The van der Waals surface area contributed by atoms with Crippen LogP contribution in [0.5, 0.6) is 0 Å². The number of ether oxygens (including phenoxy) is 1. The Labute approximate surface area is 258 Å². The molecule has 0 aliphatic carbocycles. The Kier molecular flexibility index (Phi) is 11.2. The van der Waals surface area contributed by atoms with Crippen LogP contribution in [0.3, 0.4) is 0 Å². The molecule has 0 unspecified atom stereocenters. The van der Waals surface area contributed by atoms with E-state index < -0.39 is 37.9 Å². The maximum atomic E-state index is 12.9. The predicted octanol–water partition coefficient (Wildman–Crippen LogP) is 6.91. The summed E-state index contributed by atoms with van der Waals surface area (Å²) < 4.78 is 12.8. The average molecular weight is 602 g/mol. The van der Waals surface area contributed by atoms with Crippen molar-refractivity contribution in [3.63, 3.8) is 0 Å². The second kappa shape index (κ2) is 14.2. The standard InChI is InChI=1S/C36H47NO5Si/c1-26(2)24-28(31(27-18-12-9-13-19-27)32(33(38)39)37-34(40)42-35(3,4)5)25-41-43(36(6,7)8,29-20-14-10-15-21-29)30-22-16-11-17-23-30/h9-24,26,31-32H,25H2,1-8H3,(H,37,40)(H,38,39)/b28-24+/t31-,32+/m1/s1. The first kappa shape index (κ1) is 33.8. The number of carbonyl (C=O) groups is 2. The zero-order valence-electron chi connectivity index (χ0n) is 26.8. The number of allylic oxidation sites excluding steroid dienone is 1. The molecular formula is C36H47NO5Si. The Morgan fingerprint density at radius 2 is 1.28 bits per heavy atom. The number of aliphatic carboxylic acids is 1. The van der Waals surface area contributed by atoms with Gasteiger partial charge in [0.1, 0.15) is 11.6 Å². The van der Waals surface area contributed by atoms with Gasteiger partial charge in [-0.1, -0.05) is 132 Å². The van der Waals surface area contributed by atoms with Crippen molar-refractivity contribution in [2.45, 2.75) is 78.0 Å². The van der Waals surface area contributed by atoms with Crippen molar-refractivity contribution in [1.29, 1.82) is 0 Å². The Balaban J connectivity index is 2.19. The van der Waals surface area contributed by atoms with Gasteiger partial charge in [-0.25, -0.2) is 9.59 Å². The number of benzene rings is 3. The van der Waals surface area contributed by atoms with E-state index in [1.165, 1.54) is 0 Å². The van der Waals surface area contributed by atoms with Crippen molar-refractivity contribution in [2.24, 2.45) is 5.92 Å². The van der Waals surface area contributed by atoms with E-state index in [1.54, 1.807) is 20.8 Å². The first-order chi connectivity index (χ1) is 20.2. The van der Waals surface area contributed by atoms with Crippen LogP contribution in [0.1, 0.15) is 66.9 Å². The molecule has 0 heterocycles. The molecule has 0 saturated carbocycles. The zero-order chi connectivity index (χ0) is 31.8. The maximum Gasteiger partial charge on any atom is 0.408 e. The van der Waals surface area contributed by atoms with Crippen LogP contribution < -0.4 is 15.7 Å². The summed E-state index contributed by atoms with van der Waals surface area (Å²) in [6.07, 6.45) is 1.29. The molecular weight excluding hydrogens is 554 g/mol. The van der Waals surface area contributed by atoms with E-state index in [2.05, 4.69) is 70.3 Å². The molecule has 230 valence electrons. The highest BCUT2D eigenvalue weighted by atomic mass is 28.4. The summed E-state index contributed by atoms with van der Waals surface area (Å²) in [6, 6.07) is 28.9. The molecule has 7 heteroatoms. The maximum absolute atomic E-state index is 12.9. The summed E-state index contributed by atoms with van der Waals surface area (Å²) in [7, 11) is -2.94. The van der Waals surface area contributed by atoms with E-state index in [0.717, 1.165) is 21.5 Å². The molecule has 0 bridgehead atoms. The van der Waals surface area contributed by atoms with Gasteiger partial charge in [-0.3, -0.25) is 0 Å². The Morgan fingerprint density at radius 3 is 1.67 bits per heavy atom. The second-order valence-corrected chi connectivity index (χ2v) is 17.6. The van der Waals surface area contributed by atoms with Gasteiger partial charge >= 0.3 is 12.1 Å². The summed E-state index contributed by atoms with van der Waals surface area (Å²) in [5.41, 5.74) is 0.778. The smallest absolute Gasteiger partial charge is 0.408 e. The SMILES string of the molecule is CC(C)/C=C(\CO[Si](c1ccccc1)(c1ccccc1)C(C)(C)C)[C@@H](c1ccccc1)[C@H](NC(=O)OC(C)(C)C)C(=O)O. The van der Waals surface area contributed by atoms with Crippen molar-refractivity contribution in [3.8, 4) is 0 Å². The zero-order valence-corrected chi connectivity index (χ0v) is 27.8. The predicted molar refractivity (Wildman–Crippen MR) is 176 cm³/mol. The van der Waals surface area contributed by atoms with Crippen molar-refractivity contribution >= 4 is 30.8 Å². The van der Waals surface area contributed by atoms with Gasteiger partial charge in [0.05, 0.1) is 6.61 Å². The van der Waals surface area contributed by atoms with E-state index in [4.69, 9.17) is 9.16 Å². The van der Waals surface area contributed by atoms with Crippen LogP contribution in [0.15, 0.2) is 103 Å². The molecule has 0 radical (unpaired) electrons. The lowest BCUT2D eigenvalue weighted by Gasteiger charge is -2.43. The van der Waals surface area contributed by atoms with Gasteiger partial charge < -0.3 is 19.6 Å². The molecule has 6 nitrogen and oxygen atoms in total. The van der Waals surface area contributed by atoms with Gasteiger partial charge in [0.15, 0.2) is 0 Å². The fourth-order valence-corrected chi connectivity index (χ4v) is 10.2. The minimum Gasteiger partial charge on any atom is -0.480 e. The van der Waals surface area contributed by atoms with Gasteiger partial charge in [-0.05, 0) is 53.2 Å². The van der Waals surface area contributed by atoms with E-state index in [9.17, 15) is 14.7 Å². The molecule has 0 fully saturated rings. The van der Waals surface area contributed by atoms with Crippen LogP contribution in [0, 0.1) is 5.92 Å². The number of carboxylic acid groups (broad SMARTS) is 1. The molecule has 3 aromatic carbocycles. The van der Waals surface area contributed by atoms with E-state index in [1.807, 2.05) is 66.7 Å². The van der Waals surface area contributed by atoms with Gasteiger partial charge in [0.25, 0.3) is 8.32 Å². The number of rotatable bonds is 11. The number of nitrogens with one attached hydrogen (secondary N) is 1. The van der Waals surface area contributed by atoms with Gasteiger partial charge in [-0.2, -0.15) is 0 Å². The lowest BCUT2D eigenvalue weighted by Crippen LogP contribution is -2.66. The number of alkyl carbamates (subject to hydrolysis) is 1. The summed E-state index contributed by atoms with van der Waals surface area (Å²) in [5, 5.41) is 15.2. The van der Waals surface area contributed by atoms with Crippen molar-refractivity contribution in [2.75, 3.05) is 6.61 Å². The van der Waals surface area contributed by atoms with Crippen molar-refractivity contribution < 1.29 is 23.9 Å². The molecule has 0 aliphatic heterocycles. The first-order valence-electron chi connectivity index (χ1n) is 14.9. The highest BCUT2D eigenvalue weighted by molar-refractivity contribution is 6.99. The number of carbonyl (C=O) groups excluding carboxylic acids is 1. The van der Waals surface area contributed by atoms with Gasteiger partial charge in [0, 0.05) is 5.92 Å². The van der Waals surface area contributed by atoms with Crippen molar-refractivity contribution in [1.82, 2.24) is 5.32 Å². The highest BCUT2D eigenvalue weighted by Gasteiger charge is 2.50. The number of hydrogen-bond acceptors (Lipinski definition) is 4. The number of carboxylic acids is 1. The van der Waals surface area contributed by atoms with E-state index >= 15 is 0 Å². The second-order valence-electron chi connectivity index (χ2n) is 13.3. The van der Waals surface area contributed by atoms with E-state index in [0.29, 0.717) is 0 Å². The fourth-order valence-electron chi connectivity index (χ4n) is 5.63. The summed E-state index contributed by atoms with van der Waals surface area (Å²) in [6.45, 7) is 16.2. The lowest BCUT2D eigenvalue weighted by molar-refractivity contribution is -0.139. The minimum absolute atomic E-state index is 0.0972. The third-order valence-corrected chi connectivity index (χ3v) is 12.2. The number of hydrogen-bond donors (Lipinski definition) is 2. The highest BCUT2D eigenvalue weighted by Crippen LogP contribution is 2.38. The van der Waals surface area contributed by atoms with E-state index in [-0.39, 0.29) is 17.6 Å². The topological polar surface area (TPSA) is 84.9 Å². The Hall–Kier alpha value is -3.68. The van der Waals surface area contributed by atoms with Crippen LogP contribution in [0.4, 0.5) is 4.79 Å². The molecule has 0 saturated heterocycles. The average Bonchev–Trinajstić information content (AvgIpc) is 2.92. The molecule has 2 atom stereocenters. The third-order valence-electron chi connectivity index (χ3n) is 7.25. The largest absolute Gasteiger partial charge is 0.480 e. The Morgan fingerprint density at radius 1 is 0.814 bits per heavy atom. The minimum atomic E-state index is -2.94. The van der Waals surface area contributed by atoms with Crippen LogP contribution >= 0.6 is 0 Å². The molecule has 3 aromatic rings. The molecule has 0 aliphatic rings. The third kappa shape index (κ3) is 8.68. The fraction of sp³-hybridized carbons (Fsp3) is 0.389. The lowest BCUT2D eigenvalue weighted by atomic mass is 9.83. The first-order valence-corrected chi connectivity index (χ1v) is 16.8. The molecule has 2 N–H and O–H groups in total. The molecule has 1 amide bonds. The Bertz CT molecular complexity index is 1320. The number of amides is 1. The van der Waals surface area contributed by atoms with Crippen LogP contribution in [-0.4, -0.2) is 43.7 Å². The normalized spacial score (nSPS) is 14.2. The molecule has 0 spiro atoms. The summed E-state index contributed by atoms with van der Waals surface area (Å²) in [4.78, 5) is 25.8. The molecule has 43 heavy (non-hydrogen) atoms. The van der Waals surface area contributed by atoms with Crippen molar-refractivity contribution in [3.05, 3.63) is 108 Å². The molecule has 3 rings (SSSR count). The quantitative estimate of drug-likeness (QED) is 0.184. The van der Waals surface area contributed by atoms with Gasteiger partial charge in [0.2, 0.25) is 0 Å². The van der Waals surface area contributed by atoms with Crippen LogP contribution in [0.25, 0.3) is 0 Å². The summed E-state index contributed by atoms with van der Waals surface area (Å²) in [5.74, 6) is -1.76. The van der Waals surface area contributed by atoms with Gasteiger partial charge in [-0.15, -0.1) is 0 Å². The van der Waals surface area contributed by atoms with Crippen LogP contribution in [0.2, 0.25) is 5.04 Å².